The number of anilines is 2. The van der Waals surface area contributed by atoms with Gasteiger partial charge in [-0.25, -0.2) is 4.98 Å². The van der Waals surface area contributed by atoms with Gasteiger partial charge in [0.2, 0.25) is 0 Å². The summed E-state index contributed by atoms with van der Waals surface area (Å²) in [5.41, 5.74) is 10.3. The van der Waals surface area contributed by atoms with E-state index in [1.165, 1.54) is 0 Å². The second-order valence-electron chi connectivity index (χ2n) is 6.14. The van der Waals surface area contributed by atoms with Gasteiger partial charge in [0.1, 0.15) is 11.6 Å². The maximum Gasteiger partial charge on any atom is 0.146 e. The second-order valence-corrected chi connectivity index (χ2v) is 6.14. The van der Waals surface area contributed by atoms with E-state index >= 15 is 0 Å². The number of methoxy groups -OCH3 is 1. The van der Waals surface area contributed by atoms with Gasteiger partial charge in [-0.3, -0.25) is 0 Å². The molecular weight excluding hydrogens is 338 g/mol. The third kappa shape index (κ3) is 4.20. The number of nitrogen functional groups attached to an aromatic ring is 1. The Kier molecular flexibility index (Phi) is 5.61. The van der Waals surface area contributed by atoms with Gasteiger partial charge in [0, 0.05) is 23.9 Å². The number of nitrogens with two attached hydrogens (primary N) is 1. The van der Waals surface area contributed by atoms with Crippen molar-refractivity contribution in [2.45, 2.75) is 13.5 Å². The highest BCUT2D eigenvalue weighted by Gasteiger charge is 2.12. The maximum atomic E-state index is 10.2. The summed E-state index contributed by atoms with van der Waals surface area (Å²) in [7, 11) is 1.64. The molecule has 2 aromatic carbocycles. The summed E-state index contributed by atoms with van der Waals surface area (Å²) >= 11 is 0. The monoisotopic (exact) mass is 361 g/mol. The molecule has 0 amide bonds. The minimum absolute atomic E-state index is 0.261. The molecule has 3 rings (SSSR count). The third-order valence-electron chi connectivity index (χ3n) is 4.31. The number of hydrogen-bond donors (Lipinski definition) is 3. The fourth-order valence-corrected chi connectivity index (χ4v) is 2.99. The fraction of sp³-hybridized carbons (Fsp3) is 0.136. The van der Waals surface area contributed by atoms with E-state index in [9.17, 15) is 5.11 Å². The smallest absolute Gasteiger partial charge is 0.146 e. The first-order valence-electron chi connectivity index (χ1n) is 8.67. The number of pyridine rings is 1. The van der Waals surface area contributed by atoms with Crippen LogP contribution in [0.4, 0.5) is 11.5 Å². The normalized spacial score (nSPS) is 11.6. The summed E-state index contributed by atoms with van der Waals surface area (Å²) in [6, 6.07) is 19.4. The van der Waals surface area contributed by atoms with E-state index in [1.807, 2.05) is 60.7 Å². The van der Waals surface area contributed by atoms with Gasteiger partial charge in [0.05, 0.1) is 18.6 Å². The molecule has 1 heterocycles. The summed E-state index contributed by atoms with van der Waals surface area (Å²) in [5.74, 6) is 1.45. The summed E-state index contributed by atoms with van der Waals surface area (Å²) in [4.78, 5) is 4.07. The van der Waals surface area contributed by atoms with Crippen LogP contribution in [-0.4, -0.2) is 17.2 Å². The Morgan fingerprint density at radius 3 is 2.52 bits per heavy atom. The second kappa shape index (κ2) is 8.27. The highest BCUT2D eigenvalue weighted by Crippen LogP contribution is 2.31. The van der Waals surface area contributed by atoms with E-state index in [2.05, 4.69) is 10.3 Å². The van der Waals surface area contributed by atoms with E-state index in [4.69, 9.17) is 10.5 Å². The molecule has 0 spiro atoms. The van der Waals surface area contributed by atoms with Crippen LogP contribution in [0.15, 0.2) is 72.6 Å². The lowest BCUT2D eigenvalue weighted by atomic mass is 9.95. The zero-order chi connectivity index (χ0) is 19.2. The van der Waals surface area contributed by atoms with Crippen molar-refractivity contribution in [1.29, 1.82) is 0 Å². The molecule has 0 aliphatic heterocycles. The van der Waals surface area contributed by atoms with Crippen molar-refractivity contribution >= 4 is 17.1 Å². The van der Waals surface area contributed by atoms with Crippen molar-refractivity contribution < 1.29 is 9.84 Å². The molecule has 0 fully saturated rings. The average Bonchev–Trinajstić information content (AvgIpc) is 2.68. The van der Waals surface area contributed by atoms with Crippen molar-refractivity contribution in [2.24, 2.45) is 0 Å². The molecule has 0 unspecified atom stereocenters. The Labute approximate surface area is 159 Å². The summed E-state index contributed by atoms with van der Waals surface area (Å²) in [6.45, 7) is 2.23. The van der Waals surface area contributed by atoms with E-state index in [0.717, 1.165) is 33.7 Å². The summed E-state index contributed by atoms with van der Waals surface area (Å²) < 4.78 is 5.58. The van der Waals surface area contributed by atoms with Gasteiger partial charge in [-0.05, 0) is 36.2 Å². The quantitative estimate of drug-likeness (QED) is 0.558. The van der Waals surface area contributed by atoms with Crippen LogP contribution in [0, 0.1) is 0 Å². The molecule has 0 atom stereocenters. The number of benzene rings is 2. The third-order valence-corrected chi connectivity index (χ3v) is 4.31. The molecule has 0 aliphatic carbocycles. The van der Waals surface area contributed by atoms with Gasteiger partial charge in [-0.1, -0.05) is 42.5 Å². The number of ether oxygens (including phenoxy) is 1. The van der Waals surface area contributed by atoms with Crippen LogP contribution < -0.4 is 15.8 Å². The molecular formula is C22H23N3O2. The van der Waals surface area contributed by atoms with Crippen LogP contribution in [0.1, 0.15) is 23.6 Å². The van der Waals surface area contributed by atoms with Crippen LogP contribution in [0.2, 0.25) is 0 Å². The van der Waals surface area contributed by atoms with Gasteiger partial charge in [0.15, 0.2) is 0 Å². The summed E-state index contributed by atoms with van der Waals surface area (Å²) in [5, 5.41) is 13.5. The lowest BCUT2D eigenvalue weighted by molar-refractivity contribution is 0.409. The zero-order valence-electron chi connectivity index (χ0n) is 15.4. The van der Waals surface area contributed by atoms with Gasteiger partial charge in [-0.2, -0.15) is 0 Å². The zero-order valence-corrected chi connectivity index (χ0v) is 15.4. The number of allylic oxidation sites excluding steroid dienone is 1. The molecule has 27 heavy (non-hydrogen) atoms. The Bertz CT molecular complexity index is 949. The minimum atomic E-state index is 0.261. The topological polar surface area (TPSA) is 80.4 Å². The van der Waals surface area contributed by atoms with Crippen LogP contribution in [-0.2, 0) is 6.54 Å². The lowest BCUT2D eigenvalue weighted by Gasteiger charge is -2.15. The van der Waals surface area contributed by atoms with Crippen LogP contribution >= 0.6 is 0 Å². The Morgan fingerprint density at radius 2 is 1.85 bits per heavy atom. The van der Waals surface area contributed by atoms with E-state index in [0.29, 0.717) is 12.4 Å². The van der Waals surface area contributed by atoms with Gasteiger partial charge < -0.3 is 20.9 Å². The Hall–Kier alpha value is -3.47. The van der Waals surface area contributed by atoms with Crippen molar-refractivity contribution in [3.63, 3.8) is 0 Å². The minimum Gasteiger partial charge on any atom is -0.512 e. The molecule has 138 valence electrons. The van der Waals surface area contributed by atoms with Gasteiger partial charge in [0.25, 0.3) is 0 Å². The molecule has 5 heteroatoms. The first-order valence-corrected chi connectivity index (χ1v) is 8.67. The molecule has 3 aromatic rings. The maximum absolute atomic E-state index is 10.2. The van der Waals surface area contributed by atoms with E-state index in [-0.39, 0.29) is 5.76 Å². The van der Waals surface area contributed by atoms with Crippen molar-refractivity contribution in [3.05, 3.63) is 89.3 Å². The molecule has 0 aliphatic rings. The highest BCUT2D eigenvalue weighted by atomic mass is 16.5. The van der Waals surface area contributed by atoms with Crippen LogP contribution in [0.5, 0.6) is 5.75 Å². The Morgan fingerprint density at radius 1 is 1.07 bits per heavy atom. The Balaban J connectivity index is 1.90. The van der Waals surface area contributed by atoms with Gasteiger partial charge >= 0.3 is 0 Å². The molecule has 0 radical (unpaired) electrons. The number of aliphatic hydroxyl groups excluding tert-OH is 1. The summed E-state index contributed by atoms with van der Waals surface area (Å²) in [6.07, 6.45) is 1.66. The van der Waals surface area contributed by atoms with Crippen molar-refractivity contribution in [3.8, 4) is 5.75 Å². The lowest BCUT2D eigenvalue weighted by Crippen LogP contribution is -2.05. The van der Waals surface area contributed by atoms with Crippen molar-refractivity contribution in [1.82, 2.24) is 4.98 Å². The number of rotatable bonds is 6. The largest absolute Gasteiger partial charge is 0.512 e. The molecule has 0 saturated heterocycles. The highest BCUT2D eigenvalue weighted by molar-refractivity contribution is 5.81. The predicted molar refractivity (Wildman–Crippen MR) is 110 cm³/mol. The number of aromatic nitrogens is 1. The van der Waals surface area contributed by atoms with Gasteiger partial charge in [-0.15, -0.1) is 0 Å². The number of aliphatic hydroxyl groups is 1. The predicted octanol–water partition coefficient (Wildman–Crippen LogP) is 4.62. The standard InChI is InChI=1S/C22H23N3O2/c1-15(26)21(16-7-4-3-5-8-16)17-10-11-18(20(13-17)27-2)14-25-19-9-6-12-24-22(19)23/h3-13,25-26H,14H2,1-2H3,(H2,23,24)/b21-15-. The van der Waals surface area contributed by atoms with E-state index < -0.39 is 0 Å². The number of hydrogen-bond acceptors (Lipinski definition) is 5. The molecule has 5 nitrogen and oxygen atoms in total. The molecule has 4 N–H and O–H groups in total. The van der Waals surface area contributed by atoms with Crippen LogP contribution in [0.3, 0.4) is 0 Å². The molecule has 0 saturated carbocycles. The fourth-order valence-electron chi connectivity index (χ4n) is 2.99. The number of nitrogens with zero attached hydrogens (tertiary/aromatic N) is 1. The SMILES string of the molecule is COc1cc(/C(=C(/C)O)c2ccccc2)ccc1CNc1cccnc1N. The van der Waals surface area contributed by atoms with Crippen LogP contribution in [0.25, 0.3) is 5.57 Å². The molecule has 0 bridgehead atoms. The average molecular weight is 361 g/mol. The molecule has 1 aromatic heterocycles. The first kappa shape index (κ1) is 18.3. The van der Waals surface area contributed by atoms with E-state index in [1.54, 1.807) is 20.2 Å². The first-order chi connectivity index (χ1) is 13.1. The van der Waals surface area contributed by atoms with Crippen molar-refractivity contribution in [2.75, 3.05) is 18.2 Å². The number of nitrogens with one attached hydrogen (secondary N) is 1.